The van der Waals surface area contributed by atoms with Crippen LogP contribution in [-0.4, -0.2) is 17.1 Å². The van der Waals surface area contributed by atoms with Gasteiger partial charge in [-0.15, -0.1) is 0 Å². The van der Waals surface area contributed by atoms with E-state index in [1.807, 2.05) is 6.07 Å². The first-order valence-corrected chi connectivity index (χ1v) is 4.80. The summed E-state index contributed by atoms with van der Waals surface area (Å²) < 4.78 is 0. The Labute approximate surface area is 82.8 Å². The lowest BCUT2D eigenvalue weighted by atomic mass is 9.94. The van der Waals surface area contributed by atoms with Crippen LogP contribution in [0.2, 0.25) is 0 Å². The zero-order valence-electron chi connectivity index (χ0n) is 8.08. The Balaban J connectivity index is 2.46. The Kier molecular flexibility index (Phi) is 2.15. The van der Waals surface area contributed by atoms with Crippen molar-refractivity contribution in [3.8, 4) is 0 Å². The zero-order valence-corrected chi connectivity index (χ0v) is 8.08. The van der Waals surface area contributed by atoms with E-state index in [2.05, 4.69) is 12.2 Å². The Morgan fingerprint density at radius 3 is 3.07 bits per heavy atom. The van der Waals surface area contributed by atoms with Crippen LogP contribution in [0.1, 0.15) is 29.3 Å². The van der Waals surface area contributed by atoms with Crippen molar-refractivity contribution < 1.29 is 9.90 Å². The summed E-state index contributed by atoms with van der Waals surface area (Å²) in [7, 11) is 0. The molecule has 0 aromatic heterocycles. The molecule has 0 bridgehead atoms. The molecule has 0 spiro atoms. The number of carboxylic acids is 1. The first-order valence-electron chi connectivity index (χ1n) is 4.80. The minimum atomic E-state index is -0.835. The molecule has 14 heavy (non-hydrogen) atoms. The van der Waals surface area contributed by atoms with Crippen molar-refractivity contribution in [3.63, 3.8) is 0 Å². The third kappa shape index (κ3) is 1.45. The topological polar surface area (TPSA) is 49.3 Å². The normalized spacial score (nSPS) is 19.6. The number of anilines is 1. The molecule has 1 aliphatic rings. The summed E-state index contributed by atoms with van der Waals surface area (Å²) in [5.41, 5.74) is 2.35. The van der Waals surface area contributed by atoms with Crippen molar-refractivity contribution in [3.05, 3.63) is 29.3 Å². The van der Waals surface area contributed by atoms with Gasteiger partial charge in [0.25, 0.3) is 0 Å². The van der Waals surface area contributed by atoms with Crippen LogP contribution in [0, 0.1) is 0 Å². The number of hydrogen-bond acceptors (Lipinski definition) is 2. The summed E-state index contributed by atoms with van der Waals surface area (Å²) in [6, 6.07) is 5.83. The van der Waals surface area contributed by atoms with E-state index in [9.17, 15) is 4.79 Å². The predicted octanol–water partition coefficient (Wildman–Crippen LogP) is 2.13. The monoisotopic (exact) mass is 191 g/mol. The minimum Gasteiger partial charge on any atom is -0.478 e. The van der Waals surface area contributed by atoms with Crippen molar-refractivity contribution in [2.75, 3.05) is 5.32 Å². The summed E-state index contributed by atoms with van der Waals surface area (Å²) in [5, 5.41) is 12.3. The van der Waals surface area contributed by atoms with Gasteiger partial charge < -0.3 is 10.4 Å². The van der Waals surface area contributed by atoms with E-state index in [4.69, 9.17) is 5.11 Å². The van der Waals surface area contributed by atoms with Crippen molar-refractivity contribution >= 4 is 11.7 Å². The molecule has 0 saturated carbocycles. The van der Waals surface area contributed by atoms with Crippen molar-refractivity contribution in [2.45, 2.75) is 25.8 Å². The molecule has 0 amide bonds. The van der Waals surface area contributed by atoms with Gasteiger partial charge in [0.2, 0.25) is 0 Å². The van der Waals surface area contributed by atoms with Gasteiger partial charge in [0.15, 0.2) is 0 Å². The van der Waals surface area contributed by atoms with Crippen molar-refractivity contribution in [1.29, 1.82) is 0 Å². The number of carbonyl (C=O) groups is 1. The highest BCUT2D eigenvalue weighted by molar-refractivity contribution is 5.91. The highest BCUT2D eigenvalue weighted by Crippen LogP contribution is 2.27. The molecule has 1 aromatic carbocycles. The van der Waals surface area contributed by atoms with E-state index < -0.39 is 5.97 Å². The predicted molar refractivity (Wildman–Crippen MR) is 54.8 cm³/mol. The van der Waals surface area contributed by atoms with Gasteiger partial charge in [-0.05, 0) is 37.5 Å². The van der Waals surface area contributed by atoms with Crippen LogP contribution in [0.15, 0.2) is 18.2 Å². The average molecular weight is 191 g/mol. The van der Waals surface area contributed by atoms with Gasteiger partial charge in [-0.2, -0.15) is 0 Å². The van der Waals surface area contributed by atoms with Crippen molar-refractivity contribution in [2.24, 2.45) is 0 Å². The fourth-order valence-corrected chi connectivity index (χ4v) is 1.89. The second kappa shape index (κ2) is 3.33. The highest BCUT2D eigenvalue weighted by atomic mass is 16.4. The van der Waals surface area contributed by atoms with Crippen LogP contribution in [-0.2, 0) is 6.42 Å². The van der Waals surface area contributed by atoms with Crippen LogP contribution in [0.5, 0.6) is 0 Å². The van der Waals surface area contributed by atoms with Gasteiger partial charge in [-0.3, -0.25) is 0 Å². The van der Waals surface area contributed by atoms with Crippen LogP contribution in [0.25, 0.3) is 0 Å². The second-order valence-electron chi connectivity index (χ2n) is 3.72. The lowest BCUT2D eigenvalue weighted by Gasteiger charge is -2.25. The zero-order chi connectivity index (χ0) is 10.1. The first kappa shape index (κ1) is 9.06. The van der Waals surface area contributed by atoms with E-state index >= 15 is 0 Å². The Morgan fingerprint density at radius 1 is 1.57 bits per heavy atom. The standard InChI is InChI=1S/C11H13NO2/c1-7-5-6-8-9(11(13)14)3-2-4-10(8)12-7/h2-4,7,12H,5-6H2,1H3,(H,13,14)/t7-/m0/s1. The quantitative estimate of drug-likeness (QED) is 0.715. The smallest absolute Gasteiger partial charge is 0.336 e. The Bertz CT molecular complexity index is 374. The molecule has 2 N–H and O–H groups in total. The largest absolute Gasteiger partial charge is 0.478 e. The SMILES string of the molecule is C[C@H]1CCc2c(cccc2C(=O)O)N1. The third-order valence-corrected chi connectivity index (χ3v) is 2.64. The number of aromatic carboxylic acids is 1. The summed E-state index contributed by atoms with van der Waals surface area (Å²) in [6.07, 6.45) is 1.85. The van der Waals surface area contributed by atoms with Gasteiger partial charge in [0.1, 0.15) is 0 Å². The van der Waals surface area contributed by atoms with Gasteiger partial charge in [-0.25, -0.2) is 4.79 Å². The van der Waals surface area contributed by atoms with E-state index in [0.29, 0.717) is 11.6 Å². The molecular formula is C11H13NO2. The van der Waals surface area contributed by atoms with Crippen LogP contribution >= 0.6 is 0 Å². The van der Waals surface area contributed by atoms with Gasteiger partial charge in [0, 0.05) is 11.7 Å². The molecule has 0 unspecified atom stereocenters. The molecule has 0 radical (unpaired) electrons. The molecule has 3 nitrogen and oxygen atoms in total. The second-order valence-corrected chi connectivity index (χ2v) is 3.72. The van der Waals surface area contributed by atoms with E-state index in [-0.39, 0.29) is 0 Å². The Hall–Kier alpha value is -1.51. The van der Waals surface area contributed by atoms with E-state index in [1.54, 1.807) is 12.1 Å². The lowest BCUT2D eigenvalue weighted by molar-refractivity contribution is 0.0695. The molecule has 3 heteroatoms. The molecular weight excluding hydrogens is 178 g/mol. The van der Waals surface area contributed by atoms with Crippen molar-refractivity contribution in [1.82, 2.24) is 0 Å². The van der Waals surface area contributed by atoms with Crippen LogP contribution in [0.3, 0.4) is 0 Å². The number of rotatable bonds is 1. The number of nitrogens with one attached hydrogen (secondary N) is 1. The van der Waals surface area contributed by atoms with Crippen LogP contribution < -0.4 is 5.32 Å². The highest BCUT2D eigenvalue weighted by Gasteiger charge is 2.19. The number of hydrogen-bond donors (Lipinski definition) is 2. The molecule has 1 aromatic rings. The van der Waals surface area contributed by atoms with Gasteiger partial charge in [0.05, 0.1) is 5.56 Å². The number of fused-ring (bicyclic) bond motifs is 1. The molecule has 1 heterocycles. The van der Waals surface area contributed by atoms with E-state index in [1.165, 1.54) is 0 Å². The maximum atomic E-state index is 10.9. The van der Waals surface area contributed by atoms with E-state index in [0.717, 1.165) is 24.1 Å². The maximum absolute atomic E-state index is 10.9. The maximum Gasteiger partial charge on any atom is 0.336 e. The lowest BCUT2D eigenvalue weighted by Crippen LogP contribution is -2.23. The number of carboxylic acid groups (broad SMARTS) is 1. The van der Waals surface area contributed by atoms with Crippen LogP contribution in [0.4, 0.5) is 5.69 Å². The minimum absolute atomic E-state index is 0.432. The number of benzene rings is 1. The Morgan fingerprint density at radius 2 is 2.36 bits per heavy atom. The summed E-state index contributed by atoms with van der Waals surface area (Å²) in [4.78, 5) is 10.9. The molecule has 0 fully saturated rings. The molecule has 0 aliphatic carbocycles. The van der Waals surface area contributed by atoms with Gasteiger partial charge in [-0.1, -0.05) is 6.07 Å². The van der Waals surface area contributed by atoms with Gasteiger partial charge >= 0.3 is 5.97 Å². The third-order valence-electron chi connectivity index (χ3n) is 2.64. The fraction of sp³-hybridized carbons (Fsp3) is 0.364. The fourth-order valence-electron chi connectivity index (χ4n) is 1.89. The molecule has 1 aliphatic heterocycles. The molecule has 0 saturated heterocycles. The molecule has 74 valence electrons. The molecule has 2 rings (SSSR count). The average Bonchev–Trinajstić information content (AvgIpc) is 2.16. The molecule has 1 atom stereocenters. The summed E-state index contributed by atoms with van der Waals surface area (Å²) in [5.74, 6) is -0.835. The summed E-state index contributed by atoms with van der Waals surface area (Å²) in [6.45, 7) is 2.11. The summed E-state index contributed by atoms with van der Waals surface area (Å²) >= 11 is 0. The first-order chi connectivity index (χ1) is 6.68.